The van der Waals surface area contributed by atoms with Crippen LogP contribution in [0.2, 0.25) is 0 Å². The van der Waals surface area contributed by atoms with Crippen LogP contribution in [0.5, 0.6) is 0 Å². The molecule has 0 spiro atoms. The molecule has 0 aliphatic heterocycles. The zero-order valence-corrected chi connectivity index (χ0v) is 10.6. The summed E-state index contributed by atoms with van der Waals surface area (Å²) < 4.78 is 0. The van der Waals surface area contributed by atoms with Crippen molar-refractivity contribution in [3.8, 4) is 0 Å². The number of likely N-dealkylation sites (N-methyl/N-ethyl adjacent to an activating group) is 1. The number of benzene rings is 1. The number of carbonyl (C=O) groups excluding carboxylic acids is 2. The molecule has 0 heterocycles. The minimum absolute atomic E-state index is 0.101. The zero-order chi connectivity index (χ0) is 13.3. The van der Waals surface area contributed by atoms with Gasteiger partial charge >= 0.3 is 0 Å². The minimum Gasteiger partial charge on any atom is -0.386 e. The fourth-order valence-corrected chi connectivity index (χ4v) is 2.42. The molecule has 4 heteroatoms. The van der Waals surface area contributed by atoms with Crippen LogP contribution in [-0.4, -0.2) is 34.8 Å². The number of hydrogen-bond acceptors (Lipinski definition) is 3. The van der Waals surface area contributed by atoms with Gasteiger partial charge < -0.3 is 10.0 Å². The van der Waals surface area contributed by atoms with Crippen molar-refractivity contribution in [1.29, 1.82) is 0 Å². The van der Waals surface area contributed by atoms with Gasteiger partial charge in [-0.15, -0.1) is 0 Å². The van der Waals surface area contributed by atoms with Crippen LogP contribution in [0.15, 0.2) is 24.3 Å². The number of ketones is 1. The van der Waals surface area contributed by atoms with E-state index in [0.29, 0.717) is 6.42 Å². The van der Waals surface area contributed by atoms with Crippen LogP contribution >= 0.6 is 0 Å². The molecule has 0 saturated carbocycles. The number of nitrogens with zero attached hydrogens (tertiary/aromatic N) is 1. The first-order chi connectivity index (χ1) is 8.50. The van der Waals surface area contributed by atoms with Crippen molar-refractivity contribution in [3.63, 3.8) is 0 Å². The van der Waals surface area contributed by atoms with Gasteiger partial charge in [-0.3, -0.25) is 9.59 Å². The van der Waals surface area contributed by atoms with Crippen molar-refractivity contribution >= 4 is 11.7 Å². The molecular weight excluding hydrogens is 230 g/mol. The topological polar surface area (TPSA) is 57.6 Å². The zero-order valence-electron chi connectivity index (χ0n) is 10.6. The van der Waals surface area contributed by atoms with E-state index in [2.05, 4.69) is 0 Å². The number of fused-ring (bicyclic) bond motifs is 1. The molecule has 0 aromatic heterocycles. The molecule has 1 aliphatic carbocycles. The lowest BCUT2D eigenvalue weighted by atomic mass is 10.1. The molecule has 2 atom stereocenters. The van der Waals surface area contributed by atoms with Gasteiger partial charge in [0, 0.05) is 7.05 Å². The van der Waals surface area contributed by atoms with Gasteiger partial charge in [0.25, 0.3) is 0 Å². The average molecular weight is 247 g/mol. The smallest absolute Gasteiger partial charge is 0.230 e. The number of hydrogen-bond donors (Lipinski definition) is 1. The second-order valence-electron chi connectivity index (χ2n) is 4.80. The number of amides is 1. The summed E-state index contributed by atoms with van der Waals surface area (Å²) in [4.78, 5) is 24.3. The molecule has 96 valence electrons. The summed E-state index contributed by atoms with van der Waals surface area (Å²) in [5.74, 6) is -0.392. The van der Waals surface area contributed by atoms with Crippen LogP contribution in [-0.2, 0) is 16.0 Å². The number of carbonyl (C=O) groups is 2. The van der Waals surface area contributed by atoms with E-state index in [1.54, 1.807) is 7.05 Å². The molecule has 1 aromatic carbocycles. The summed E-state index contributed by atoms with van der Waals surface area (Å²) >= 11 is 0. The Morgan fingerprint density at radius 2 is 2.06 bits per heavy atom. The van der Waals surface area contributed by atoms with Gasteiger partial charge in [-0.25, -0.2) is 0 Å². The molecule has 18 heavy (non-hydrogen) atoms. The van der Waals surface area contributed by atoms with Gasteiger partial charge in [-0.05, 0) is 24.5 Å². The van der Waals surface area contributed by atoms with Crippen molar-refractivity contribution in [1.82, 2.24) is 4.90 Å². The molecule has 1 N–H and O–H groups in total. The van der Waals surface area contributed by atoms with Crippen molar-refractivity contribution in [2.45, 2.75) is 31.9 Å². The van der Waals surface area contributed by atoms with E-state index in [4.69, 9.17) is 0 Å². The van der Waals surface area contributed by atoms with Crippen LogP contribution in [0.3, 0.4) is 0 Å². The van der Waals surface area contributed by atoms with Crippen molar-refractivity contribution in [2.75, 3.05) is 7.05 Å². The predicted octanol–water partition coefficient (Wildman–Crippen LogP) is 1.08. The quantitative estimate of drug-likeness (QED) is 0.813. The van der Waals surface area contributed by atoms with Crippen molar-refractivity contribution < 1.29 is 14.7 Å². The van der Waals surface area contributed by atoms with Crippen LogP contribution in [0.4, 0.5) is 0 Å². The van der Waals surface area contributed by atoms with Crippen molar-refractivity contribution in [3.05, 3.63) is 35.4 Å². The highest BCUT2D eigenvalue weighted by atomic mass is 16.3. The normalized spacial score (nSPS) is 21.5. The largest absolute Gasteiger partial charge is 0.386 e. The Kier molecular flexibility index (Phi) is 3.48. The Bertz CT molecular complexity index is 484. The molecule has 1 aromatic rings. The molecule has 0 unspecified atom stereocenters. The van der Waals surface area contributed by atoms with E-state index in [9.17, 15) is 14.7 Å². The highest BCUT2D eigenvalue weighted by Crippen LogP contribution is 2.33. The SMILES string of the molecule is CC(=O)CC(=O)N(C)[C@@H]1Cc2ccccc2[C@H]1O. The van der Waals surface area contributed by atoms with E-state index in [1.807, 2.05) is 24.3 Å². The molecular formula is C14H17NO3. The average Bonchev–Trinajstić information content (AvgIpc) is 2.66. The third-order valence-electron chi connectivity index (χ3n) is 3.46. The standard InChI is InChI=1S/C14H17NO3/c1-9(16)7-13(17)15(2)12-8-10-5-3-4-6-11(10)14(12)18/h3-6,12,14,18H,7-8H2,1-2H3/t12-,14-/m1/s1. The maximum absolute atomic E-state index is 11.8. The summed E-state index contributed by atoms with van der Waals surface area (Å²) in [6.07, 6.45) is -0.129. The third-order valence-corrected chi connectivity index (χ3v) is 3.46. The van der Waals surface area contributed by atoms with E-state index >= 15 is 0 Å². The number of Topliss-reactive ketones (excluding diaryl/α,β-unsaturated/α-hetero) is 1. The molecule has 1 aliphatic rings. The van der Waals surface area contributed by atoms with Gasteiger partial charge in [-0.1, -0.05) is 24.3 Å². The lowest BCUT2D eigenvalue weighted by Gasteiger charge is -2.27. The number of aliphatic hydroxyl groups is 1. The monoisotopic (exact) mass is 247 g/mol. The van der Waals surface area contributed by atoms with E-state index in [-0.39, 0.29) is 24.2 Å². The van der Waals surface area contributed by atoms with E-state index in [1.165, 1.54) is 11.8 Å². The first-order valence-corrected chi connectivity index (χ1v) is 6.01. The molecule has 0 saturated heterocycles. The Morgan fingerprint density at radius 1 is 1.39 bits per heavy atom. The van der Waals surface area contributed by atoms with Gasteiger partial charge in [-0.2, -0.15) is 0 Å². The van der Waals surface area contributed by atoms with Crippen LogP contribution < -0.4 is 0 Å². The van der Waals surface area contributed by atoms with Gasteiger partial charge in [0.1, 0.15) is 5.78 Å². The second-order valence-corrected chi connectivity index (χ2v) is 4.80. The molecule has 2 rings (SSSR count). The third kappa shape index (κ3) is 2.29. The predicted molar refractivity (Wildman–Crippen MR) is 67.0 cm³/mol. The highest BCUT2D eigenvalue weighted by Gasteiger charge is 2.35. The fourth-order valence-electron chi connectivity index (χ4n) is 2.42. The Hall–Kier alpha value is -1.68. The van der Waals surface area contributed by atoms with Gasteiger partial charge in [0.15, 0.2) is 0 Å². The lowest BCUT2D eigenvalue weighted by molar-refractivity contribution is -0.137. The van der Waals surface area contributed by atoms with Crippen LogP contribution in [0.1, 0.15) is 30.6 Å². The fraction of sp³-hybridized carbons (Fsp3) is 0.429. The summed E-state index contributed by atoms with van der Waals surface area (Å²) in [7, 11) is 1.64. The summed E-state index contributed by atoms with van der Waals surface area (Å²) in [6, 6.07) is 7.37. The molecule has 0 bridgehead atoms. The second kappa shape index (κ2) is 4.90. The summed E-state index contributed by atoms with van der Waals surface area (Å²) in [5.41, 5.74) is 1.95. The number of aliphatic hydroxyl groups excluding tert-OH is 1. The minimum atomic E-state index is -0.665. The van der Waals surface area contributed by atoms with Crippen LogP contribution in [0.25, 0.3) is 0 Å². The maximum atomic E-state index is 11.8. The molecule has 0 fully saturated rings. The summed E-state index contributed by atoms with van der Waals surface area (Å²) in [6.45, 7) is 1.39. The Balaban J connectivity index is 2.13. The van der Waals surface area contributed by atoms with E-state index in [0.717, 1.165) is 11.1 Å². The molecule has 0 radical (unpaired) electrons. The van der Waals surface area contributed by atoms with E-state index < -0.39 is 6.10 Å². The number of rotatable bonds is 3. The maximum Gasteiger partial charge on any atom is 0.230 e. The van der Waals surface area contributed by atoms with Gasteiger partial charge in [0.2, 0.25) is 5.91 Å². The lowest BCUT2D eigenvalue weighted by Crippen LogP contribution is -2.40. The highest BCUT2D eigenvalue weighted by molar-refractivity contribution is 5.96. The van der Waals surface area contributed by atoms with Crippen molar-refractivity contribution in [2.24, 2.45) is 0 Å². The Labute approximate surface area is 106 Å². The van der Waals surface area contributed by atoms with Crippen LogP contribution in [0, 0.1) is 0 Å². The summed E-state index contributed by atoms with van der Waals surface area (Å²) in [5, 5.41) is 10.2. The molecule has 4 nitrogen and oxygen atoms in total. The molecule has 1 amide bonds. The first kappa shape index (κ1) is 12.8. The van der Waals surface area contributed by atoms with Gasteiger partial charge in [0.05, 0.1) is 18.6 Å². The first-order valence-electron chi connectivity index (χ1n) is 6.01. The Morgan fingerprint density at radius 3 is 2.67 bits per heavy atom.